The summed E-state index contributed by atoms with van der Waals surface area (Å²) in [6.45, 7) is 0. The molecule has 4 nitrogen and oxygen atoms in total. The van der Waals surface area contributed by atoms with Gasteiger partial charge in [-0.1, -0.05) is 0 Å². The molecular weight excluding hydrogens is 319 g/mol. The Kier molecular flexibility index (Phi) is 3.44. The lowest BCUT2D eigenvalue weighted by atomic mass is 10.0. The molecule has 0 saturated carbocycles. The van der Waals surface area contributed by atoms with Gasteiger partial charge in [-0.25, -0.2) is 4.52 Å². The Hall–Kier alpha value is -2.28. The molecule has 114 valence electrons. The summed E-state index contributed by atoms with van der Waals surface area (Å²) in [5.41, 5.74) is 0.304. The molecule has 0 aliphatic heterocycles. The fourth-order valence-corrected chi connectivity index (χ4v) is 2.35. The lowest BCUT2D eigenvalue weighted by molar-refractivity contribution is -0.137. The number of alkyl halides is 3. The monoisotopic (exact) mass is 327 g/mol. The van der Waals surface area contributed by atoms with Crippen molar-refractivity contribution in [2.24, 2.45) is 0 Å². The van der Waals surface area contributed by atoms with Crippen molar-refractivity contribution in [2.45, 2.75) is 6.18 Å². The van der Waals surface area contributed by atoms with Crippen molar-refractivity contribution in [3.8, 4) is 16.9 Å². The smallest absolute Gasteiger partial charge is 0.416 e. The summed E-state index contributed by atoms with van der Waals surface area (Å²) in [4.78, 5) is 4.04. The Labute approximate surface area is 128 Å². The van der Waals surface area contributed by atoms with Gasteiger partial charge in [0, 0.05) is 17.3 Å². The molecule has 0 fully saturated rings. The van der Waals surface area contributed by atoms with Crippen LogP contribution in [0.3, 0.4) is 0 Å². The summed E-state index contributed by atoms with van der Waals surface area (Å²) in [5, 5.41) is 3.95. The Morgan fingerprint density at radius 1 is 1.18 bits per heavy atom. The molecule has 22 heavy (non-hydrogen) atoms. The predicted octanol–water partition coefficient (Wildman–Crippen LogP) is 4.08. The van der Waals surface area contributed by atoms with Gasteiger partial charge in [0.05, 0.1) is 12.7 Å². The lowest BCUT2D eigenvalue weighted by Crippen LogP contribution is -2.05. The van der Waals surface area contributed by atoms with E-state index in [1.807, 2.05) is 0 Å². The average molecular weight is 328 g/mol. The third-order valence-electron chi connectivity index (χ3n) is 3.15. The summed E-state index contributed by atoms with van der Waals surface area (Å²) in [5.74, 6) is 0.306. The summed E-state index contributed by atoms with van der Waals surface area (Å²) in [6, 6.07) is 6.56. The molecular formula is C14H9ClF3N3O. The first-order valence-electron chi connectivity index (χ1n) is 6.16. The molecule has 0 aliphatic carbocycles. The summed E-state index contributed by atoms with van der Waals surface area (Å²) < 4.78 is 45.4. The molecule has 1 aromatic carbocycles. The predicted molar refractivity (Wildman–Crippen MR) is 75.0 cm³/mol. The van der Waals surface area contributed by atoms with Crippen LogP contribution in [0.25, 0.3) is 16.8 Å². The zero-order valence-electron chi connectivity index (χ0n) is 11.2. The second-order valence-corrected chi connectivity index (χ2v) is 4.82. The van der Waals surface area contributed by atoms with E-state index in [0.717, 1.165) is 12.1 Å². The molecule has 0 bridgehead atoms. The summed E-state index contributed by atoms with van der Waals surface area (Å²) in [7, 11) is 1.39. The van der Waals surface area contributed by atoms with E-state index in [-0.39, 0.29) is 10.8 Å². The van der Waals surface area contributed by atoms with Crippen molar-refractivity contribution in [3.05, 3.63) is 47.4 Å². The van der Waals surface area contributed by atoms with Crippen molar-refractivity contribution in [1.29, 1.82) is 0 Å². The summed E-state index contributed by atoms with van der Waals surface area (Å²) in [6.07, 6.45) is -2.84. The van der Waals surface area contributed by atoms with Crippen molar-refractivity contribution < 1.29 is 17.9 Å². The van der Waals surface area contributed by atoms with Crippen LogP contribution in [-0.2, 0) is 6.18 Å². The largest absolute Gasteiger partial charge is 0.496 e. The third kappa shape index (κ3) is 2.48. The van der Waals surface area contributed by atoms with Crippen molar-refractivity contribution >= 4 is 17.2 Å². The first-order chi connectivity index (χ1) is 10.4. The van der Waals surface area contributed by atoms with E-state index in [4.69, 9.17) is 16.3 Å². The van der Waals surface area contributed by atoms with E-state index in [9.17, 15) is 13.2 Å². The van der Waals surface area contributed by atoms with Crippen LogP contribution in [0.4, 0.5) is 13.2 Å². The number of ether oxygens (including phenoxy) is 1. The maximum Gasteiger partial charge on any atom is 0.416 e. The Bertz CT molecular complexity index is 845. The van der Waals surface area contributed by atoms with Crippen LogP contribution in [0.1, 0.15) is 5.56 Å². The summed E-state index contributed by atoms with van der Waals surface area (Å²) >= 11 is 5.77. The number of benzene rings is 1. The van der Waals surface area contributed by atoms with Crippen LogP contribution >= 0.6 is 11.6 Å². The van der Waals surface area contributed by atoms with Crippen LogP contribution in [0.15, 0.2) is 36.5 Å². The molecule has 0 unspecified atom stereocenters. The molecule has 2 aromatic heterocycles. The van der Waals surface area contributed by atoms with Gasteiger partial charge in [-0.3, -0.25) is 0 Å². The third-order valence-corrected chi connectivity index (χ3v) is 3.31. The molecule has 0 N–H and O–H groups in total. The molecule has 0 radical (unpaired) electrons. The zero-order chi connectivity index (χ0) is 15.9. The first-order valence-corrected chi connectivity index (χ1v) is 6.54. The highest BCUT2D eigenvalue weighted by atomic mass is 35.5. The van der Waals surface area contributed by atoms with E-state index >= 15 is 0 Å². The molecule has 3 rings (SSSR count). The standard InChI is InChI=1S/C14H9ClF3N3O/c1-22-11-5-4-8(14(16,17)18)7-10(11)9-3-2-6-21-12(9)19-13(15)20-21/h2-7H,1H3. The van der Waals surface area contributed by atoms with Gasteiger partial charge in [0.15, 0.2) is 5.65 Å². The maximum atomic E-state index is 12.9. The molecule has 0 saturated heterocycles. The number of aromatic nitrogens is 3. The lowest BCUT2D eigenvalue weighted by Gasteiger charge is -2.13. The van der Waals surface area contributed by atoms with E-state index in [1.54, 1.807) is 18.3 Å². The van der Waals surface area contributed by atoms with Gasteiger partial charge in [0.1, 0.15) is 5.75 Å². The van der Waals surface area contributed by atoms with Crippen LogP contribution < -0.4 is 4.74 Å². The topological polar surface area (TPSA) is 39.4 Å². The quantitative estimate of drug-likeness (QED) is 0.712. The van der Waals surface area contributed by atoms with Crippen molar-refractivity contribution in [2.75, 3.05) is 7.11 Å². The van der Waals surface area contributed by atoms with Crippen LogP contribution in [0.2, 0.25) is 5.28 Å². The van der Waals surface area contributed by atoms with E-state index < -0.39 is 11.7 Å². The Morgan fingerprint density at radius 2 is 1.95 bits per heavy atom. The molecule has 3 aromatic rings. The minimum absolute atomic E-state index is 0.0124. The van der Waals surface area contributed by atoms with Crippen LogP contribution in [0.5, 0.6) is 5.75 Å². The highest BCUT2D eigenvalue weighted by Crippen LogP contribution is 2.38. The highest BCUT2D eigenvalue weighted by molar-refractivity contribution is 6.28. The number of halogens is 4. The average Bonchev–Trinajstić information content (AvgIpc) is 2.85. The second kappa shape index (κ2) is 5.17. The van der Waals surface area contributed by atoms with Gasteiger partial charge >= 0.3 is 6.18 Å². The molecule has 0 atom stereocenters. The Balaban J connectivity index is 2.29. The number of pyridine rings is 1. The molecule has 0 amide bonds. The van der Waals surface area contributed by atoms with Gasteiger partial charge in [-0.15, -0.1) is 5.10 Å². The van der Waals surface area contributed by atoms with E-state index in [0.29, 0.717) is 17.0 Å². The van der Waals surface area contributed by atoms with E-state index in [2.05, 4.69) is 10.1 Å². The van der Waals surface area contributed by atoms with Gasteiger partial charge < -0.3 is 4.74 Å². The van der Waals surface area contributed by atoms with Crippen molar-refractivity contribution in [1.82, 2.24) is 14.6 Å². The minimum Gasteiger partial charge on any atom is -0.496 e. The molecule has 8 heteroatoms. The fraction of sp³-hybridized carbons (Fsp3) is 0.143. The second-order valence-electron chi connectivity index (χ2n) is 4.48. The number of hydrogen-bond acceptors (Lipinski definition) is 3. The number of hydrogen-bond donors (Lipinski definition) is 0. The van der Waals surface area contributed by atoms with E-state index in [1.165, 1.54) is 17.7 Å². The van der Waals surface area contributed by atoms with Crippen LogP contribution in [0, 0.1) is 0 Å². The molecule has 2 heterocycles. The fourth-order valence-electron chi connectivity index (χ4n) is 2.19. The maximum absolute atomic E-state index is 12.9. The highest BCUT2D eigenvalue weighted by Gasteiger charge is 2.31. The number of fused-ring (bicyclic) bond motifs is 1. The number of methoxy groups -OCH3 is 1. The normalized spacial score (nSPS) is 11.9. The van der Waals surface area contributed by atoms with Gasteiger partial charge in [-0.05, 0) is 41.9 Å². The number of rotatable bonds is 2. The SMILES string of the molecule is COc1ccc(C(F)(F)F)cc1-c1cccn2nc(Cl)nc12. The first kappa shape index (κ1) is 14.6. The number of nitrogens with zero attached hydrogens (tertiary/aromatic N) is 3. The van der Waals surface area contributed by atoms with Gasteiger partial charge in [0.25, 0.3) is 0 Å². The molecule has 0 aliphatic rings. The molecule has 0 spiro atoms. The zero-order valence-corrected chi connectivity index (χ0v) is 12.0. The van der Waals surface area contributed by atoms with Crippen molar-refractivity contribution in [3.63, 3.8) is 0 Å². The van der Waals surface area contributed by atoms with Crippen LogP contribution in [-0.4, -0.2) is 21.7 Å². The van der Waals surface area contributed by atoms with Gasteiger partial charge in [-0.2, -0.15) is 18.2 Å². The van der Waals surface area contributed by atoms with Gasteiger partial charge in [0.2, 0.25) is 5.28 Å². The Morgan fingerprint density at radius 3 is 2.64 bits per heavy atom. The minimum atomic E-state index is -4.45.